The second kappa shape index (κ2) is 5.81. The number of ketones is 1. The Balaban J connectivity index is 1.67. The molecular weight excluding hydrogens is 278 g/mol. The van der Waals surface area contributed by atoms with Gasteiger partial charge in [0, 0.05) is 38.0 Å². The molecule has 1 aromatic rings. The Morgan fingerprint density at radius 3 is 2.90 bits per heavy atom. The van der Waals surface area contributed by atoms with Crippen LogP contribution in [-0.2, 0) is 20.7 Å². The van der Waals surface area contributed by atoms with Gasteiger partial charge in [-0.1, -0.05) is 6.07 Å². The number of Topliss-reactive ketones (excluding diaryl/α,β-unsaturated/α-hetero) is 1. The van der Waals surface area contributed by atoms with E-state index >= 15 is 0 Å². The molecule has 0 N–H and O–H groups in total. The summed E-state index contributed by atoms with van der Waals surface area (Å²) in [5.41, 5.74) is -0.0791. The molecule has 0 saturated carbocycles. The van der Waals surface area contributed by atoms with E-state index in [9.17, 15) is 13.6 Å². The van der Waals surface area contributed by atoms with Crippen molar-refractivity contribution in [2.24, 2.45) is 5.92 Å². The maximum absolute atomic E-state index is 13.6. The summed E-state index contributed by atoms with van der Waals surface area (Å²) in [7, 11) is 0. The first-order chi connectivity index (χ1) is 10.1. The Morgan fingerprint density at radius 1 is 1.33 bits per heavy atom. The van der Waals surface area contributed by atoms with Crippen molar-refractivity contribution in [3.63, 3.8) is 0 Å². The lowest BCUT2D eigenvalue weighted by Crippen LogP contribution is -2.42. The van der Waals surface area contributed by atoms with Crippen LogP contribution in [0.4, 0.5) is 8.78 Å². The fraction of sp³-hybridized carbons (Fsp3) is 0.562. The molecule has 0 amide bonds. The molecule has 0 aromatic heterocycles. The molecule has 3 rings (SSSR count). The second-order valence-electron chi connectivity index (χ2n) is 5.90. The third-order valence-electron chi connectivity index (χ3n) is 4.40. The number of halogens is 2. The van der Waals surface area contributed by atoms with Gasteiger partial charge in [-0.2, -0.15) is 0 Å². The smallest absolute Gasteiger partial charge is 0.140 e. The van der Waals surface area contributed by atoms with Crippen LogP contribution in [0.5, 0.6) is 0 Å². The largest absolute Gasteiger partial charge is 0.378 e. The molecule has 2 saturated heterocycles. The number of benzene rings is 1. The van der Waals surface area contributed by atoms with E-state index in [0.29, 0.717) is 32.7 Å². The average Bonchev–Trinajstić information content (AvgIpc) is 2.90. The molecule has 2 aliphatic rings. The normalized spacial score (nSPS) is 29.0. The Labute approximate surface area is 122 Å². The first-order valence-electron chi connectivity index (χ1n) is 7.26. The van der Waals surface area contributed by atoms with Crippen molar-refractivity contribution < 1.29 is 23.0 Å². The molecule has 1 aromatic carbocycles. The van der Waals surface area contributed by atoms with Crippen LogP contribution in [0.3, 0.4) is 0 Å². The lowest BCUT2D eigenvalue weighted by atomic mass is 9.81. The predicted octanol–water partition coefficient (Wildman–Crippen LogP) is 2.66. The van der Waals surface area contributed by atoms with E-state index in [4.69, 9.17) is 9.47 Å². The molecule has 2 fully saturated rings. The lowest BCUT2D eigenvalue weighted by Gasteiger charge is -2.36. The Morgan fingerprint density at radius 2 is 2.19 bits per heavy atom. The van der Waals surface area contributed by atoms with Crippen molar-refractivity contribution >= 4 is 5.78 Å². The van der Waals surface area contributed by atoms with Gasteiger partial charge in [0.1, 0.15) is 17.4 Å². The molecule has 2 heterocycles. The van der Waals surface area contributed by atoms with Crippen LogP contribution in [0.2, 0.25) is 0 Å². The highest BCUT2D eigenvalue weighted by Crippen LogP contribution is 2.36. The van der Waals surface area contributed by atoms with Crippen LogP contribution in [0.1, 0.15) is 24.8 Å². The molecule has 0 radical (unpaired) electrons. The van der Waals surface area contributed by atoms with Crippen molar-refractivity contribution in [1.82, 2.24) is 0 Å². The van der Waals surface area contributed by atoms with Crippen LogP contribution in [0, 0.1) is 17.6 Å². The third kappa shape index (κ3) is 3.14. The van der Waals surface area contributed by atoms with Crippen molar-refractivity contribution in [1.29, 1.82) is 0 Å². The van der Waals surface area contributed by atoms with E-state index in [1.165, 1.54) is 12.1 Å². The van der Waals surface area contributed by atoms with Gasteiger partial charge in [-0.15, -0.1) is 0 Å². The summed E-state index contributed by atoms with van der Waals surface area (Å²) in [5.74, 6) is -1.42. The highest BCUT2D eigenvalue weighted by Gasteiger charge is 2.42. The highest BCUT2D eigenvalue weighted by molar-refractivity contribution is 5.83. The fourth-order valence-electron chi connectivity index (χ4n) is 3.16. The third-order valence-corrected chi connectivity index (χ3v) is 4.40. The van der Waals surface area contributed by atoms with Gasteiger partial charge in [-0.3, -0.25) is 4.79 Å². The molecule has 0 bridgehead atoms. The van der Waals surface area contributed by atoms with E-state index in [1.807, 2.05) is 0 Å². The van der Waals surface area contributed by atoms with Crippen LogP contribution in [-0.4, -0.2) is 31.2 Å². The summed E-state index contributed by atoms with van der Waals surface area (Å²) in [6.07, 6.45) is 2.10. The maximum Gasteiger partial charge on any atom is 0.140 e. The molecule has 1 spiro atoms. The fourth-order valence-corrected chi connectivity index (χ4v) is 3.16. The summed E-state index contributed by atoms with van der Waals surface area (Å²) in [6, 6.07) is 3.34. The van der Waals surface area contributed by atoms with Crippen molar-refractivity contribution in [3.8, 4) is 0 Å². The summed E-state index contributed by atoms with van der Waals surface area (Å²) in [5, 5.41) is 0. The van der Waals surface area contributed by atoms with E-state index in [1.54, 1.807) is 0 Å². The van der Waals surface area contributed by atoms with Gasteiger partial charge in [0.25, 0.3) is 0 Å². The lowest BCUT2D eigenvalue weighted by molar-refractivity contribution is -0.136. The number of carbonyl (C=O) groups is 1. The van der Waals surface area contributed by atoms with Crippen LogP contribution in [0.15, 0.2) is 18.2 Å². The second-order valence-corrected chi connectivity index (χ2v) is 5.90. The zero-order valence-electron chi connectivity index (χ0n) is 11.7. The van der Waals surface area contributed by atoms with E-state index in [-0.39, 0.29) is 29.3 Å². The number of ether oxygens (including phenoxy) is 2. The first-order valence-corrected chi connectivity index (χ1v) is 7.26. The molecule has 114 valence electrons. The monoisotopic (exact) mass is 296 g/mol. The minimum absolute atomic E-state index is 0.00455. The van der Waals surface area contributed by atoms with Crippen molar-refractivity contribution in [2.75, 3.05) is 19.8 Å². The van der Waals surface area contributed by atoms with E-state index < -0.39 is 11.6 Å². The minimum Gasteiger partial charge on any atom is -0.378 e. The molecule has 5 heteroatoms. The molecular formula is C16H18F2O3. The van der Waals surface area contributed by atoms with Crippen LogP contribution >= 0.6 is 0 Å². The minimum atomic E-state index is -0.658. The maximum atomic E-state index is 13.6. The number of rotatable bonds is 3. The van der Waals surface area contributed by atoms with Crippen LogP contribution in [0.25, 0.3) is 0 Å². The standard InChI is InChI=1S/C16H18F2O3/c17-13-2-1-11(14(18)8-13)7-15(19)12-3-5-21-16(9-12)4-6-20-10-16/h1-2,8,12H,3-7,9-10H2. The molecule has 2 unspecified atom stereocenters. The SMILES string of the molecule is O=C(Cc1ccc(F)cc1F)C1CCOC2(CCOC2)C1. The van der Waals surface area contributed by atoms with E-state index in [0.717, 1.165) is 12.5 Å². The number of hydrogen-bond acceptors (Lipinski definition) is 3. The topological polar surface area (TPSA) is 35.5 Å². The van der Waals surface area contributed by atoms with Gasteiger partial charge in [-0.25, -0.2) is 8.78 Å². The molecule has 2 aliphatic heterocycles. The summed E-state index contributed by atoms with van der Waals surface area (Å²) < 4.78 is 37.7. The van der Waals surface area contributed by atoms with Crippen molar-refractivity contribution in [2.45, 2.75) is 31.3 Å². The Hall–Kier alpha value is -1.33. The Bertz CT molecular complexity index is 538. The van der Waals surface area contributed by atoms with Gasteiger partial charge >= 0.3 is 0 Å². The zero-order chi connectivity index (χ0) is 14.9. The summed E-state index contributed by atoms with van der Waals surface area (Å²) in [6.45, 7) is 1.72. The number of hydrogen-bond donors (Lipinski definition) is 0. The van der Waals surface area contributed by atoms with Crippen LogP contribution < -0.4 is 0 Å². The van der Waals surface area contributed by atoms with Gasteiger partial charge in [0.05, 0.1) is 12.2 Å². The highest BCUT2D eigenvalue weighted by atomic mass is 19.1. The average molecular weight is 296 g/mol. The summed E-state index contributed by atoms with van der Waals surface area (Å²) in [4.78, 5) is 12.4. The summed E-state index contributed by atoms with van der Waals surface area (Å²) >= 11 is 0. The quantitative estimate of drug-likeness (QED) is 0.860. The van der Waals surface area contributed by atoms with Crippen molar-refractivity contribution in [3.05, 3.63) is 35.4 Å². The van der Waals surface area contributed by atoms with E-state index in [2.05, 4.69) is 0 Å². The predicted molar refractivity (Wildman–Crippen MR) is 71.9 cm³/mol. The Kier molecular flexibility index (Phi) is 4.04. The molecule has 2 atom stereocenters. The molecule has 21 heavy (non-hydrogen) atoms. The molecule has 0 aliphatic carbocycles. The van der Waals surface area contributed by atoms with Gasteiger partial charge in [0.2, 0.25) is 0 Å². The molecule has 3 nitrogen and oxygen atoms in total. The van der Waals surface area contributed by atoms with Gasteiger partial charge in [-0.05, 0) is 24.5 Å². The van der Waals surface area contributed by atoms with Gasteiger partial charge in [0.15, 0.2) is 0 Å². The first kappa shape index (κ1) is 14.6. The number of carbonyl (C=O) groups excluding carboxylic acids is 1. The zero-order valence-corrected chi connectivity index (χ0v) is 11.7. The van der Waals surface area contributed by atoms with Gasteiger partial charge < -0.3 is 9.47 Å².